The molecule has 2 aromatic carbocycles. The summed E-state index contributed by atoms with van der Waals surface area (Å²) in [5.41, 5.74) is 1.68. The number of hydrogen-bond acceptors (Lipinski definition) is 3. The van der Waals surface area contributed by atoms with Crippen molar-refractivity contribution in [1.82, 2.24) is 9.88 Å². The van der Waals surface area contributed by atoms with Crippen molar-refractivity contribution in [2.24, 2.45) is 0 Å². The lowest BCUT2D eigenvalue weighted by Crippen LogP contribution is -2.48. The summed E-state index contributed by atoms with van der Waals surface area (Å²) in [7, 11) is 0. The number of aromatic nitrogens is 1. The number of anilines is 1. The minimum absolute atomic E-state index is 0.0392. The second-order valence-corrected chi connectivity index (χ2v) is 6.16. The average molecular weight is 335 g/mol. The van der Waals surface area contributed by atoms with E-state index < -0.39 is 0 Å². The Labute approximate surface area is 145 Å². The Kier molecular flexibility index (Phi) is 4.06. The third kappa shape index (κ3) is 3.05. The first kappa shape index (κ1) is 15.6. The van der Waals surface area contributed by atoms with Crippen molar-refractivity contribution in [3.05, 3.63) is 72.3 Å². The summed E-state index contributed by atoms with van der Waals surface area (Å²) < 4.78 is 13.1. The van der Waals surface area contributed by atoms with Gasteiger partial charge in [0, 0.05) is 55.2 Å². The smallest absolute Gasteiger partial charge is 0.254 e. The third-order valence-corrected chi connectivity index (χ3v) is 4.67. The van der Waals surface area contributed by atoms with Crippen molar-refractivity contribution < 1.29 is 9.18 Å². The highest BCUT2D eigenvalue weighted by Gasteiger charge is 2.23. The van der Waals surface area contributed by atoms with Crippen LogP contribution >= 0.6 is 0 Å². The Morgan fingerprint density at radius 1 is 0.960 bits per heavy atom. The average Bonchev–Trinajstić information content (AvgIpc) is 2.68. The van der Waals surface area contributed by atoms with Gasteiger partial charge in [-0.05, 0) is 41.8 Å². The van der Waals surface area contributed by atoms with Crippen molar-refractivity contribution in [2.75, 3.05) is 31.1 Å². The van der Waals surface area contributed by atoms with Crippen molar-refractivity contribution >= 4 is 22.4 Å². The largest absolute Gasteiger partial charge is 0.368 e. The summed E-state index contributed by atoms with van der Waals surface area (Å²) in [5.74, 6) is -0.195. The summed E-state index contributed by atoms with van der Waals surface area (Å²) in [6.07, 6.45) is 3.48. The molecule has 1 amide bonds. The first-order valence-electron chi connectivity index (χ1n) is 8.35. The summed E-state index contributed by atoms with van der Waals surface area (Å²) in [6, 6.07) is 14.2. The van der Waals surface area contributed by atoms with E-state index in [9.17, 15) is 9.18 Å². The van der Waals surface area contributed by atoms with E-state index in [4.69, 9.17) is 0 Å². The van der Waals surface area contributed by atoms with Crippen molar-refractivity contribution in [3.8, 4) is 0 Å². The molecule has 0 saturated carbocycles. The molecule has 0 spiro atoms. The van der Waals surface area contributed by atoms with E-state index in [1.807, 2.05) is 29.2 Å². The lowest BCUT2D eigenvalue weighted by atomic mass is 10.1. The van der Waals surface area contributed by atoms with Crippen LogP contribution in [-0.2, 0) is 0 Å². The predicted octanol–water partition coefficient (Wildman–Crippen LogP) is 3.34. The standard InChI is InChI=1S/C20H18FN3O/c21-16-4-6-17(7-5-16)23-10-12-24(13-11-23)20(25)18-3-1-2-15-8-9-22-14-19(15)18/h1-9,14H,10-13H2. The van der Waals surface area contributed by atoms with Gasteiger partial charge >= 0.3 is 0 Å². The second-order valence-electron chi connectivity index (χ2n) is 6.16. The molecule has 4 nitrogen and oxygen atoms in total. The molecule has 0 radical (unpaired) electrons. The van der Waals surface area contributed by atoms with Crippen LogP contribution < -0.4 is 4.90 Å². The number of fused-ring (bicyclic) bond motifs is 1. The van der Waals surface area contributed by atoms with Gasteiger partial charge in [-0.25, -0.2) is 4.39 Å². The molecule has 4 rings (SSSR count). The van der Waals surface area contributed by atoms with E-state index in [0.29, 0.717) is 18.7 Å². The molecule has 5 heteroatoms. The Balaban J connectivity index is 1.50. The monoisotopic (exact) mass is 335 g/mol. The summed E-state index contributed by atoms with van der Waals surface area (Å²) in [4.78, 5) is 21.1. The third-order valence-electron chi connectivity index (χ3n) is 4.67. The minimum Gasteiger partial charge on any atom is -0.368 e. The second kappa shape index (κ2) is 6.51. The van der Waals surface area contributed by atoms with Gasteiger partial charge in [0.25, 0.3) is 5.91 Å². The van der Waals surface area contributed by atoms with Crippen LogP contribution in [0.25, 0.3) is 10.8 Å². The lowest BCUT2D eigenvalue weighted by Gasteiger charge is -2.36. The molecule has 126 valence electrons. The molecule has 2 heterocycles. The SMILES string of the molecule is O=C(c1cccc2ccncc12)N1CCN(c2ccc(F)cc2)CC1. The molecule has 1 aliphatic rings. The van der Waals surface area contributed by atoms with Crippen LogP contribution in [-0.4, -0.2) is 42.0 Å². The predicted molar refractivity (Wildman–Crippen MR) is 96.3 cm³/mol. The molecule has 0 bridgehead atoms. The van der Waals surface area contributed by atoms with Crippen LogP contribution in [0.1, 0.15) is 10.4 Å². The molecular weight excluding hydrogens is 317 g/mol. The molecule has 0 atom stereocenters. The fourth-order valence-electron chi connectivity index (χ4n) is 3.29. The van der Waals surface area contributed by atoms with Gasteiger partial charge in [-0.1, -0.05) is 12.1 Å². The number of nitrogens with zero attached hydrogens (tertiary/aromatic N) is 3. The zero-order valence-electron chi connectivity index (χ0n) is 13.7. The topological polar surface area (TPSA) is 36.4 Å². The minimum atomic E-state index is -0.234. The van der Waals surface area contributed by atoms with Gasteiger partial charge < -0.3 is 9.80 Å². The van der Waals surface area contributed by atoms with Crippen LogP contribution in [0.5, 0.6) is 0 Å². The van der Waals surface area contributed by atoms with E-state index in [2.05, 4.69) is 9.88 Å². The fourth-order valence-corrected chi connectivity index (χ4v) is 3.29. The van der Waals surface area contributed by atoms with Crippen LogP contribution in [0.3, 0.4) is 0 Å². The van der Waals surface area contributed by atoms with Crippen molar-refractivity contribution in [1.29, 1.82) is 0 Å². The molecule has 0 aliphatic carbocycles. The number of hydrogen-bond donors (Lipinski definition) is 0. The Bertz CT molecular complexity index is 897. The Hall–Kier alpha value is -2.95. The highest BCUT2D eigenvalue weighted by atomic mass is 19.1. The van der Waals surface area contributed by atoms with Crippen molar-refractivity contribution in [2.45, 2.75) is 0 Å². The van der Waals surface area contributed by atoms with Gasteiger partial charge in [-0.15, -0.1) is 0 Å². The normalized spacial score (nSPS) is 14.8. The molecule has 0 N–H and O–H groups in total. The van der Waals surface area contributed by atoms with Gasteiger partial charge in [0.15, 0.2) is 0 Å². The summed E-state index contributed by atoms with van der Waals surface area (Å²) in [6.45, 7) is 2.76. The zero-order valence-corrected chi connectivity index (χ0v) is 13.7. The van der Waals surface area contributed by atoms with Crippen molar-refractivity contribution in [3.63, 3.8) is 0 Å². The number of benzene rings is 2. The maximum Gasteiger partial charge on any atom is 0.254 e. The molecule has 1 saturated heterocycles. The van der Waals surface area contributed by atoms with E-state index in [0.717, 1.165) is 29.5 Å². The van der Waals surface area contributed by atoms with Gasteiger partial charge in [-0.2, -0.15) is 0 Å². The molecule has 1 aliphatic heterocycles. The first-order chi connectivity index (χ1) is 12.2. The number of rotatable bonds is 2. The van der Waals surface area contributed by atoms with Gasteiger partial charge in [0.1, 0.15) is 5.82 Å². The first-order valence-corrected chi connectivity index (χ1v) is 8.35. The van der Waals surface area contributed by atoms with E-state index in [-0.39, 0.29) is 11.7 Å². The van der Waals surface area contributed by atoms with E-state index in [1.54, 1.807) is 24.5 Å². The van der Waals surface area contributed by atoms with E-state index in [1.165, 1.54) is 12.1 Å². The maximum absolute atomic E-state index is 13.1. The van der Waals surface area contributed by atoms with Crippen LogP contribution in [0.15, 0.2) is 60.9 Å². The lowest BCUT2D eigenvalue weighted by molar-refractivity contribution is 0.0749. The number of amides is 1. The van der Waals surface area contributed by atoms with Crippen LogP contribution in [0.2, 0.25) is 0 Å². The van der Waals surface area contributed by atoms with Gasteiger partial charge in [0.05, 0.1) is 0 Å². The Morgan fingerprint density at radius 2 is 1.72 bits per heavy atom. The summed E-state index contributed by atoms with van der Waals surface area (Å²) >= 11 is 0. The molecule has 3 aromatic rings. The fraction of sp³-hybridized carbons (Fsp3) is 0.200. The number of piperazine rings is 1. The summed E-state index contributed by atoms with van der Waals surface area (Å²) in [5, 5.41) is 1.90. The quantitative estimate of drug-likeness (QED) is 0.721. The molecule has 0 unspecified atom stereocenters. The zero-order chi connectivity index (χ0) is 17.2. The highest BCUT2D eigenvalue weighted by molar-refractivity contribution is 6.06. The molecule has 25 heavy (non-hydrogen) atoms. The molecular formula is C20H18FN3O. The molecule has 1 fully saturated rings. The number of carbonyl (C=O) groups is 1. The van der Waals surface area contributed by atoms with Crippen LogP contribution in [0, 0.1) is 5.82 Å². The highest BCUT2D eigenvalue weighted by Crippen LogP contribution is 2.21. The number of carbonyl (C=O) groups excluding carboxylic acids is 1. The number of halogens is 1. The van der Waals surface area contributed by atoms with E-state index >= 15 is 0 Å². The van der Waals surface area contributed by atoms with Gasteiger partial charge in [0.2, 0.25) is 0 Å². The maximum atomic E-state index is 13.1. The molecule has 1 aromatic heterocycles. The van der Waals surface area contributed by atoms with Crippen LogP contribution in [0.4, 0.5) is 10.1 Å². The Morgan fingerprint density at radius 3 is 2.48 bits per heavy atom. The van der Waals surface area contributed by atoms with Gasteiger partial charge in [-0.3, -0.25) is 9.78 Å². The number of pyridine rings is 1.